The van der Waals surface area contributed by atoms with Crippen molar-refractivity contribution in [3.05, 3.63) is 51.6 Å². The number of nitrogens with one attached hydrogen (secondary N) is 1. The van der Waals surface area contributed by atoms with Crippen LogP contribution < -0.4 is 15.8 Å². The van der Waals surface area contributed by atoms with Crippen molar-refractivity contribution < 1.29 is 4.74 Å². The Morgan fingerprint density at radius 2 is 2.05 bits per heavy atom. The molecule has 2 aromatic rings. The van der Waals surface area contributed by atoms with Crippen molar-refractivity contribution in [2.75, 3.05) is 24.2 Å². The van der Waals surface area contributed by atoms with Crippen molar-refractivity contribution in [2.24, 2.45) is 0 Å². The molecule has 0 aliphatic heterocycles. The summed E-state index contributed by atoms with van der Waals surface area (Å²) >= 11 is 2.25. The molecule has 0 aliphatic carbocycles. The van der Waals surface area contributed by atoms with E-state index in [-0.39, 0.29) is 0 Å². The lowest BCUT2D eigenvalue weighted by Crippen LogP contribution is -2.12. The number of hydrogen-bond donors (Lipinski definition) is 2. The summed E-state index contributed by atoms with van der Waals surface area (Å²) in [7, 11) is 0. The van der Waals surface area contributed by atoms with Gasteiger partial charge in [0, 0.05) is 10.1 Å². The van der Waals surface area contributed by atoms with Crippen LogP contribution >= 0.6 is 22.6 Å². The number of aryl methyl sites for hydroxylation is 1. The Hall–Kier alpha value is -1.43. The van der Waals surface area contributed by atoms with Gasteiger partial charge in [0.1, 0.15) is 12.4 Å². The van der Waals surface area contributed by atoms with Crippen LogP contribution in [0.2, 0.25) is 0 Å². The van der Waals surface area contributed by atoms with Gasteiger partial charge in [-0.3, -0.25) is 0 Å². The molecule has 100 valence electrons. The molecule has 0 aliphatic rings. The molecule has 2 aromatic carbocycles. The first-order valence-corrected chi connectivity index (χ1v) is 7.21. The van der Waals surface area contributed by atoms with Crippen LogP contribution in [0.1, 0.15) is 5.56 Å². The highest BCUT2D eigenvalue weighted by Crippen LogP contribution is 2.20. The fourth-order valence-corrected chi connectivity index (χ4v) is 2.27. The van der Waals surface area contributed by atoms with E-state index in [1.807, 2.05) is 36.4 Å². The molecule has 0 radical (unpaired) electrons. The van der Waals surface area contributed by atoms with Crippen LogP contribution in [0.5, 0.6) is 5.75 Å². The van der Waals surface area contributed by atoms with E-state index in [9.17, 15) is 0 Å². The molecule has 0 saturated carbocycles. The molecule has 0 atom stereocenters. The van der Waals surface area contributed by atoms with Gasteiger partial charge in [-0.05, 0) is 65.4 Å². The summed E-state index contributed by atoms with van der Waals surface area (Å²) < 4.78 is 6.80. The maximum Gasteiger partial charge on any atom is 0.119 e. The molecule has 4 heteroatoms. The van der Waals surface area contributed by atoms with E-state index >= 15 is 0 Å². The SMILES string of the molecule is Cc1cccc(OCCNc2ccc(I)cc2N)c1. The first-order valence-electron chi connectivity index (χ1n) is 6.13. The maximum absolute atomic E-state index is 5.93. The predicted octanol–water partition coefficient (Wildman–Crippen LogP) is 3.67. The third-order valence-corrected chi connectivity index (χ3v) is 3.36. The number of nitrogen functional groups attached to an aromatic ring is 1. The van der Waals surface area contributed by atoms with E-state index in [0.717, 1.165) is 27.2 Å². The summed E-state index contributed by atoms with van der Waals surface area (Å²) in [6.45, 7) is 3.38. The summed E-state index contributed by atoms with van der Waals surface area (Å²) in [6, 6.07) is 14.0. The van der Waals surface area contributed by atoms with Gasteiger partial charge in [-0.2, -0.15) is 0 Å². The summed E-state index contributed by atoms with van der Waals surface area (Å²) in [5, 5.41) is 3.27. The van der Waals surface area contributed by atoms with Crippen molar-refractivity contribution in [3.63, 3.8) is 0 Å². The molecule has 0 saturated heterocycles. The molecular formula is C15H17IN2O. The van der Waals surface area contributed by atoms with Crippen LogP contribution in [-0.4, -0.2) is 13.2 Å². The second kappa shape index (κ2) is 6.65. The summed E-state index contributed by atoms with van der Waals surface area (Å²) in [4.78, 5) is 0. The fraction of sp³-hybridized carbons (Fsp3) is 0.200. The van der Waals surface area contributed by atoms with Crippen LogP contribution in [0.3, 0.4) is 0 Å². The van der Waals surface area contributed by atoms with Crippen molar-refractivity contribution in [1.82, 2.24) is 0 Å². The Kier molecular flexibility index (Phi) is 4.90. The second-order valence-corrected chi connectivity index (χ2v) is 5.57. The summed E-state index contributed by atoms with van der Waals surface area (Å²) in [5.74, 6) is 0.900. The monoisotopic (exact) mass is 368 g/mol. The third kappa shape index (κ3) is 4.31. The minimum Gasteiger partial charge on any atom is -0.492 e. The smallest absolute Gasteiger partial charge is 0.119 e. The summed E-state index contributed by atoms with van der Waals surface area (Å²) in [6.07, 6.45) is 0. The lowest BCUT2D eigenvalue weighted by atomic mass is 10.2. The lowest BCUT2D eigenvalue weighted by Gasteiger charge is -2.11. The van der Waals surface area contributed by atoms with Gasteiger partial charge in [-0.15, -0.1) is 0 Å². The van der Waals surface area contributed by atoms with Gasteiger partial charge in [0.05, 0.1) is 11.4 Å². The lowest BCUT2D eigenvalue weighted by molar-refractivity contribution is 0.332. The fourth-order valence-electron chi connectivity index (χ4n) is 1.75. The number of hydrogen-bond acceptors (Lipinski definition) is 3. The van der Waals surface area contributed by atoms with Gasteiger partial charge in [0.2, 0.25) is 0 Å². The van der Waals surface area contributed by atoms with Crippen LogP contribution in [0.25, 0.3) is 0 Å². The van der Waals surface area contributed by atoms with Gasteiger partial charge in [-0.1, -0.05) is 12.1 Å². The Bertz CT molecular complexity index is 558. The molecule has 0 amide bonds. The van der Waals surface area contributed by atoms with Crippen molar-refractivity contribution in [3.8, 4) is 5.75 Å². The molecule has 0 unspecified atom stereocenters. The summed E-state index contributed by atoms with van der Waals surface area (Å²) in [5.41, 5.74) is 8.85. The zero-order valence-corrected chi connectivity index (χ0v) is 13.0. The first kappa shape index (κ1) is 14.0. The van der Waals surface area contributed by atoms with Crippen molar-refractivity contribution in [1.29, 1.82) is 0 Å². The highest BCUT2D eigenvalue weighted by atomic mass is 127. The molecule has 0 heterocycles. The average molecular weight is 368 g/mol. The van der Waals surface area contributed by atoms with Crippen LogP contribution in [0, 0.1) is 10.5 Å². The van der Waals surface area contributed by atoms with Gasteiger partial charge in [-0.25, -0.2) is 0 Å². The van der Waals surface area contributed by atoms with Gasteiger partial charge < -0.3 is 15.8 Å². The zero-order chi connectivity index (χ0) is 13.7. The minimum atomic E-state index is 0.606. The van der Waals surface area contributed by atoms with Crippen LogP contribution in [0.4, 0.5) is 11.4 Å². The van der Waals surface area contributed by atoms with Crippen molar-refractivity contribution in [2.45, 2.75) is 6.92 Å². The molecule has 0 bridgehead atoms. The molecule has 0 fully saturated rings. The minimum absolute atomic E-state index is 0.606. The Balaban J connectivity index is 1.81. The highest BCUT2D eigenvalue weighted by molar-refractivity contribution is 14.1. The Morgan fingerprint density at radius 3 is 2.79 bits per heavy atom. The molecule has 0 aromatic heterocycles. The number of nitrogens with two attached hydrogens (primary N) is 1. The molecule has 2 rings (SSSR count). The van der Waals surface area contributed by atoms with E-state index in [1.165, 1.54) is 5.56 Å². The molecule has 3 N–H and O–H groups in total. The predicted molar refractivity (Wildman–Crippen MR) is 88.7 cm³/mol. The van der Waals surface area contributed by atoms with E-state index in [0.29, 0.717) is 6.61 Å². The molecule has 3 nitrogen and oxygen atoms in total. The van der Waals surface area contributed by atoms with Gasteiger partial charge in [0.15, 0.2) is 0 Å². The Labute approximate surface area is 127 Å². The number of anilines is 2. The number of ether oxygens (including phenoxy) is 1. The van der Waals surface area contributed by atoms with E-state index in [1.54, 1.807) is 0 Å². The van der Waals surface area contributed by atoms with Crippen LogP contribution in [-0.2, 0) is 0 Å². The quantitative estimate of drug-likeness (QED) is 0.481. The molecule has 0 spiro atoms. The Morgan fingerprint density at radius 1 is 1.21 bits per heavy atom. The first-order chi connectivity index (χ1) is 9.15. The van der Waals surface area contributed by atoms with E-state index in [2.05, 4.69) is 40.9 Å². The second-order valence-electron chi connectivity index (χ2n) is 4.32. The topological polar surface area (TPSA) is 47.3 Å². The van der Waals surface area contributed by atoms with Gasteiger partial charge >= 0.3 is 0 Å². The maximum atomic E-state index is 5.93. The number of halogens is 1. The van der Waals surface area contributed by atoms with Gasteiger partial charge in [0.25, 0.3) is 0 Å². The van der Waals surface area contributed by atoms with E-state index in [4.69, 9.17) is 10.5 Å². The zero-order valence-electron chi connectivity index (χ0n) is 10.8. The standard InChI is InChI=1S/C15H17IN2O/c1-11-3-2-4-13(9-11)19-8-7-18-15-6-5-12(16)10-14(15)17/h2-6,9-10,18H,7-8,17H2,1H3. The largest absolute Gasteiger partial charge is 0.492 e. The molecular weight excluding hydrogens is 351 g/mol. The normalized spacial score (nSPS) is 10.2. The third-order valence-electron chi connectivity index (χ3n) is 2.69. The number of benzene rings is 2. The van der Waals surface area contributed by atoms with Crippen LogP contribution in [0.15, 0.2) is 42.5 Å². The molecule has 19 heavy (non-hydrogen) atoms. The van der Waals surface area contributed by atoms with E-state index < -0.39 is 0 Å². The average Bonchev–Trinajstić information content (AvgIpc) is 2.37. The number of rotatable bonds is 5. The van der Waals surface area contributed by atoms with Crippen molar-refractivity contribution >= 4 is 34.0 Å². The highest BCUT2D eigenvalue weighted by Gasteiger charge is 1.99.